The van der Waals surface area contributed by atoms with Gasteiger partial charge in [0.2, 0.25) is 0 Å². The van der Waals surface area contributed by atoms with Crippen LogP contribution in [0.3, 0.4) is 0 Å². The average molecular weight is 419 g/mol. The summed E-state index contributed by atoms with van der Waals surface area (Å²) < 4.78 is 30.9. The first-order valence-electron chi connectivity index (χ1n) is 9.47. The molecule has 0 saturated carbocycles. The van der Waals surface area contributed by atoms with Gasteiger partial charge in [-0.3, -0.25) is 14.5 Å². The van der Waals surface area contributed by atoms with Crippen molar-refractivity contribution in [2.75, 3.05) is 6.54 Å². The van der Waals surface area contributed by atoms with Crippen LogP contribution in [0.2, 0.25) is 0 Å². The lowest BCUT2D eigenvalue weighted by atomic mass is 9.92. The standard InChI is InChI=1S/C21H23F2N3O4/c1-5-25-12(2)10-16(13(25)3)17(27)11-26-18(28)21(4,24-20(26)29)14-6-8-15(9-7-14)30-19(22)23/h6-10,19H,5,11H2,1-4H3,(H,24,29). The number of amides is 3. The van der Waals surface area contributed by atoms with Crippen molar-refractivity contribution in [3.63, 3.8) is 0 Å². The minimum Gasteiger partial charge on any atom is -0.435 e. The van der Waals surface area contributed by atoms with E-state index in [4.69, 9.17) is 0 Å². The van der Waals surface area contributed by atoms with Crippen molar-refractivity contribution in [3.8, 4) is 5.75 Å². The molecule has 1 unspecified atom stereocenters. The van der Waals surface area contributed by atoms with Gasteiger partial charge in [-0.25, -0.2) is 4.79 Å². The van der Waals surface area contributed by atoms with Crippen LogP contribution < -0.4 is 10.1 Å². The summed E-state index contributed by atoms with van der Waals surface area (Å²) in [6.07, 6.45) is 0. The van der Waals surface area contributed by atoms with Gasteiger partial charge in [-0.15, -0.1) is 0 Å². The van der Waals surface area contributed by atoms with E-state index in [0.29, 0.717) is 17.7 Å². The predicted octanol–water partition coefficient (Wildman–Crippen LogP) is 3.38. The largest absolute Gasteiger partial charge is 0.435 e. The number of aromatic nitrogens is 1. The fourth-order valence-corrected chi connectivity index (χ4v) is 3.80. The molecule has 3 rings (SSSR count). The van der Waals surface area contributed by atoms with E-state index in [9.17, 15) is 23.2 Å². The van der Waals surface area contributed by atoms with Gasteiger partial charge in [-0.05, 0) is 51.5 Å². The lowest BCUT2D eigenvalue weighted by Gasteiger charge is -2.22. The van der Waals surface area contributed by atoms with E-state index in [1.54, 1.807) is 6.07 Å². The molecular weight excluding hydrogens is 396 g/mol. The Hall–Kier alpha value is -3.23. The number of nitrogens with one attached hydrogen (secondary N) is 1. The highest BCUT2D eigenvalue weighted by Gasteiger charge is 2.49. The quantitative estimate of drug-likeness (QED) is 0.551. The highest BCUT2D eigenvalue weighted by atomic mass is 19.3. The number of carbonyl (C=O) groups is 3. The average Bonchev–Trinajstić information content (AvgIpc) is 3.09. The number of rotatable bonds is 7. The number of carbonyl (C=O) groups excluding carboxylic acids is 3. The summed E-state index contributed by atoms with van der Waals surface area (Å²) in [5.74, 6) is -0.989. The SMILES string of the molecule is CCn1c(C)cc(C(=O)CN2C(=O)NC(C)(c3ccc(OC(F)F)cc3)C2=O)c1C. The fourth-order valence-electron chi connectivity index (χ4n) is 3.80. The maximum atomic E-state index is 13.0. The third-order valence-corrected chi connectivity index (χ3v) is 5.42. The molecule has 1 fully saturated rings. The Morgan fingerprint density at radius 3 is 2.37 bits per heavy atom. The Morgan fingerprint density at radius 2 is 1.83 bits per heavy atom. The van der Waals surface area contributed by atoms with Crippen LogP contribution in [-0.4, -0.2) is 40.3 Å². The number of Topliss-reactive ketones (excluding diaryl/α,β-unsaturated/α-hetero) is 1. The molecule has 9 heteroatoms. The van der Waals surface area contributed by atoms with E-state index < -0.39 is 24.1 Å². The topological polar surface area (TPSA) is 80.6 Å². The van der Waals surface area contributed by atoms with Crippen molar-refractivity contribution >= 4 is 17.7 Å². The number of hydrogen-bond donors (Lipinski definition) is 1. The van der Waals surface area contributed by atoms with Crippen LogP contribution >= 0.6 is 0 Å². The second kappa shape index (κ2) is 7.89. The van der Waals surface area contributed by atoms with E-state index in [2.05, 4.69) is 10.1 Å². The number of aryl methyl sites for hydroxylation is 1. The number of ether oxygens (including phenoxy) is 1. The molecular formula is C21H23F2N3O4. The molecule has 3 amide bonds. The van der Waals surface area contributed by atoms with Crippen molar-refractivity contribution in [2.45, 2.75) is 46.4 Å². The van der Waals surface area contributed by atoms with Crippen LogP contribution in [0.1, 0.15) is 41.2 Å². The molecule has 0 spiro atoms. The summed E-state index contributed by atoms with van der Waals surface area (Å²) in [7, 11) is 0. The number of halogens is 2. The summed E-state index contributed by atoms with van der Waals surface area (Å²) >= 11 is 0. The molecule has 0 bridgehead atoms. The molecule has 2 heterocycles. The van der Waals surface area contributed by atoms with E-state index in [1.807, 2.05) is 25.3 Å². The van der Waals surface area contributed by atoms with Crippen LogP contribution in [0.25, 0.3) is 0 Å². The van der Waals surface area contributed by atoms with Gasteiger partial charge in [0.25, 0.3) is 5.91 Å². The minimum atomic E-state index is -2.96. The van der Waals surface area contributed by atoms with Gasteiger partial charge in [0.15, 0.2) is 5.78 Å². The van der Waals surface area contributed by atoms with Gasteiger partial charge in [-0.1, -0.05) is 12.1 Å². The number of nitrogens with zero attached hydrogens (tertiary/aromatic N) is 2. The Bertz CT molecular complexity index is 1000. The molecule has 1 aromatic heterocycles. The fraction of sp³-hybridized carbons (Fsp3) is 0.381. The Morgan fingerprint density at radius 1 is 1.20 bits per heavy atom. The van der Waals surface area contributed by atoms with Crippen molar-refractivity contribution < 1.29 is 27.9 Å². The van der Waals surface area contributed by atoms with Gasteiger partial charge in [0.05, 0.1) is 6.54 Å². The normalized spacial score (nSPS) is 18.8. The van der Waals surface area contributed by atoms with Crippen LogP contribution in [-0.2, 0) is 16.9 Å². The summed E-state index contributed by atoms with van der Waals surface area (Å²) in [4.78, 5) is 39.2. The third kappa shape index (κ3) is 3.67. The molecule has 1 aliphatic heterocycles. The maximum Gasteiger partial charge on any atom is 0.387 e. The highest BCUT2D eigenvalue weighted by molar-refractivity contribution is 6.11. The van der Waals surface area contributed by atoms with E-state index in [0.717, 1.165) is 16.3 Å². The number of imide groups is 1. The van der Waals surface area contributed by atoms with Crippen molar-refractivity contribution in [1.29, 1.82) is 0 Å². The van der Waals surface area contributed by atoms with E-state index in [-0.39, 0.29) is 18.1 Å². The predicted molar refractivity (Wildman–Crippen MR) is 105 cm³/mol. The second-order valence-electron chi connectivity index (χ2n) is 7.30. The lowest BCUT2D eigenvalue weighted by Crippen LogP contribution is -2.41. The summed E-state index contributed by atoms with van der Waals surface area (Å²) in [5, 5.41) is 2.60. The zero-order chi connectivity index (χ0) is 22.2. The summed E-state index contributed by atoms with van der Waals surface area (Å²) in [6, 6.07) is 6.50. The van der Waals surface area contributed by atoms with E-state index in [1.165, 1.54) is 31.2 Å². The van der Waals surface area contributed by atoms with Crippen molar-refractivity contribution in [3.05, 3.63) is 52.8 Å². The molecule has 2 aromatic rings. The molecule has 0 aliphatic carbocycles. The number of benzene rings is 1. The van der Waals surface area contributed by atoms with Gasteiger partial charge < -0.3 is 14.6 Å². The first-order valence-corrected chi connectivity index (χ1v) is 9.47. The zero-order valence-corrected chi connectivity index (χ0v) is 17.2. The Labute approximate surface area is 172 Å². The molecule has 7 nitrogen and oxygen atoms in total. The van der Waals surface area contributed by atoms with E-state index >= 15 is 0 Å². The van der Waals surface area contributed by atoms with Crippen LogP contribution in [0.5, 0.6) is 5.75 Å². The summed E-state index contributed by atoms with van der Waals surface area (Å²) in [6.45, 7) is 4.54. The van der Waals surface area contributed by atoms with Gasteiger partial charge in [0, 0.05) is 23.5 Å². The molecule has 30 heavy (non-hydrogen) atoms. The smallest absolute Gasteiger partial charge is 0.387 e. The summed E-state index contributed by atoms with van der Waals surface area (Å²) in [5.41, 5.74) is 1.15. The van der Waals surface area contributed by atoms with Crippen LogP contribution in [0.15, 0.2) is 30.3 Å². The lowest BCUT2D eigenvalue weighted by molar-refractivity contribution is -0.130. The first kappa shape index (κ1) is 21.5. The highest BCUT2D eigenvalue weighted by Crippen LogP contribution is 2.30. The van der Waals surface area contributed by atoms with Crippen LogP contribution in [0.4, 0.5) is 13.6 Å². The molecule has 1 saturated heterocycles. The number of alkyl halides is 2. The minimum absolute atomic E-state index is 0.0626. The van der Waals surface area contributed by atoms with Crippen molar-refractivity contribution in [1.82, 2.24) is 14.8 Å². The van der Waals surface area contributed by atoms with Gasteiger partial charge in [0.1, 0.15) is 11.3 Å². The second-order valence-corrected chi connectivity index (χ2v) is 7.30. The van der Waals surface area contributed by atoms with Gasteiger partial charge >= 0.3 is 12.6 Å². The molecule has 1 atom stereocenters. The zero-order valence-electron chi connectivity index (χ0n) is 17.2. The number of urea groups is 1. The van der Waals surface area contributed by atoms with Crippen molar-refractivity contribution in [2.24, 2.45) is 0 Å². The third-order valence-electron chi connectivity index (χ3n) is 5.42. The number of ketones is 1. The number of hydrogen-bond acceptors (Lipinski definition) is 4. The van der Waals surface area contributed by atoms with Gasteiger partial charge in [-0.2, -0.15) is 8.78 Å². The molecule has 0 radical (unpaired) electrons. The molecule has 1 N–H and O–H groups in total. The maximum absolute atomic E-state index is 13.0. The molecule has 1 aliphatic rings. The molecule has 1 aromatic carbocycles. The van der Waals surface area contributed by atoms with Crippen LogP contribution in [0, 0.1) is 13.8 Å². The first-order chi connectivity index (χ1) is 14.1. The Balaban J connectivity index is 1.81. The molecule has 160 valence electrons. The monoisotopic (exact) mass is 419 g/mol. The Kier molecular flexibility index (Phi) is 5.65.